The molecule has 146 valence electrons. The molecule has 6 nitrogen and oxygen atoms in total. The summed E-state index contributed by atoms with van der Waals surface area (Å²) in [5.41, 5.74) is 0. The molecule has 1 aromatic heterocycles. The van der Waals surface area contributed by atoms with Crippen LogP contribution in [0.3, 0.4) is 0 Å². The molecule has 0 radical (unpaired) electrons. The van der Waals surface area contributed by atoms with Gasteiger partial charge in [-0.15, -0.1) is 11.3 Å². The van der Waals surface area contributed by atoms with E-state index in [0.29, 0.717) is 18.9 Å². The SMILES string of the molecule is CCOc1ccc(OCC(=O)NC[C@H](c2cccs2)N2CCOCC2)cc1. The first-order valence-electron chi connectivity index (χ1n) is 9.24. The second-order valence-electron chi connectivity index (χ2n) is 6.18. The van der Waals surface area contributed by atoms with E-state index in [9.17, 15) is 4.79 Å². The molecule has 0 saturated carbocycles. The summed E-state index contributed by atoms with van der Waals surface area (Å²) in [6.45, 7) is 6.34. The van der Waals surface area contributed by atoms with Crippen molar-refractivity contribution in [2.24, 2.45) is 0 Å². The number of carbonyl (C=O) groups excluding carboxylic acids is 1. The van der Waals surface area contributed by atoms with Gasteiger partial charge in [-0.25, -0.2) is 0 Å². The van der Waals surface area contributed by atoms with Crippen molar-refractivity contribution in [2.45, 2.75) is 13.0 Å². The molecule has 1 saturated heterocycles. The van der Waals surface area contributed by atoms with E-state index in [-0.39, 0.29) is 18.6 Å². The summed E-state index contributed by atoms with van der Waals surface area (Å²) in [5, 5.41) is 5.07. The molecule has 1 amide bonds. The monoisotopic (exact) mass is 390 g/mol. The van der Waals surface area contributed by atoms with E-state index in [1.165, 1.54) is 4.88 Å². The first-order chi connectivity index (χ1) is 13.3. The van der Waals surface area contributed by atoms with E-state index in [1.807, 2.05) is 25.1 Å². The van der Waals surface area contributed by atoms with Crippen molar-refractivity contribution in [2.75, 3.05) is 46.1 Å². The zero-order valence-corrected chi connectivity index (χ0v) is 16.4. The third-order valence-corrected chi connectivity index (χ3v) is 5.33. The number of benzene rings is 1. The van der Waals surface area contributed by atoms with Crippen LogP contribution >= 0.6 is 11.3 Å². The quantitative estimate of drug-likeness (QED) is 0.713. The number of nitrogens with one attached hydrogen (secondary N) is 1. The van der Waals surface area contributed by atoms with E-state index in [0.717, 1.165) is 32.1 Å². The molecule has 0 bridgehead atoms. The smallest absolute Gasteiger partial charge is 0.258 e. The molecule has 0 unspecified atom stereocenters. The summed E-state index contributed by atoms with van der Waals surface area (Å²) < 4.78 is 16.4. The highest BCUT2D eigenvalue weighted by molar-refractivity contribution is 7.10. The minimum absolute atomic E-state index is 0.00570. The van der Waals surface area contributed by atoms with Crippen molar-refractivity contribution < 1.29 is 19.0 Å². The van der Waals surface area contributed by atoms with Crippen LogP contribution in [0, 0.1) is 0 Å². The fourth-order valence-corrected chi connectivity index (χ4v) is 3.85. The molecule has 1 fully saturated rings. The number of thiophene rings is 1. The molecule has 1 N–H and O–H groups in total. The molecule has 1 aliphatic heterocycles. The molecular formula is C20H26N2O4S. The number of hydrogen-bond donors (Lipinski definition) is 1. The van der Waals surface area contributed by atoms with Gasteiger partial charge in [-0.1, -0.05) is 6.07 Å². The Balaban J connectivity index is 1.48. The lowest BCUT2D eigenvalue weighted by molar-refractivity contribution is -0.123. The van der Waals surface area contributed by atoms with E-state index >= 15 is 0 Å². The van der Waals surface area contributed by atoms with Gasteiger partial charge in [0.15, 0.2) is 6.61 Å². The van der Waals surface area contributed by atoms with Crippen LogP contribution in [0.25, 0.3) is 0 Å². The molecule has 1 atom stereocenters. The number of morpholine rings is 1. The molecule has 0 spiro atoms. The lowest BCUT2D eigenvalue weighted by atomic mass is 10.2. The maximum absolute atomic E-state index is 12.2. The third kappa shape index (κ3) is 5.95. The average Bonchev–Trinajstić information content (AvgIpc) is 3.23. The van der Waals surface area contributed by atoms with Crippen LogP contribution in [0.1, 0.15) is 17.8 Å². The predicted octanol–water partition coefficient (Wildman–Crippen LogP) is 2.72. The summed E-state index contributed by atoms with van der Waals surface area (Å²) in [5.74, 6) is 1.31. The molecule has 2 aromatic rings. The number of carbonyl (C=O) groups is 1. The highest BCUT2D eigenvalue weighted by Gasteiger charge is 2.23. The summed E-state index contributed by atoms with van der Waals surface area (Å²) in [7, 11) is 0. The summed E-state index contributed by atoms with van der Waals surface area (Å²) in [6.07, 6.45) is 0. The van der Waals surface area contributed by atoms with Gasteiger partial charge >= 0.3 is 0 Å². The van der Waals surface area contributed by atoms with Crippen LogP contribution in [0.5, 0.6) is 11.5 Å². The van der Waals surface area contributed by atoms with Crippen LogP contribution in [0.2, 0.25) is 0 Å². The Morgan fingerprint density at radius 3 is 2.52 bits per heavy atom. The number of ether oxygens (including phenoxy) is 3. The minimum atomic E-state index is -0.126. The van der Waals surface area contributed by atoms with Crippen LogP contribution < -0.4 is 14.8 Å². The Morgan fingerprint density at radius 2 is 1.89 bits per heavy atom. The lowest BCUT2D eigenvalue weighted by Gasteiger charge is -2.34. The van der Waals surface area contributed by atoms with Gasteiger partial charge in [-0.3, -0.25) is 9.69 Å². The molecule has 27 heavy (non-hydrogen) atoms. The van der Waals surface area contributed by atoms with Crippen LogP contribution in [0.15, 0.2) is 41.8 Å². The zero-order chi connectivity index (χ0) is 18.9. The van der Waals surface area contributed by atoms with Gasteiger partial charge in [-0.05, 0) is 42.6 Å². The van der Waals surface area contributed by atoms with Crippen molar-refractivity contribution in [1.82, 2.24) is 10.2 Å². The lowest BCUT2D eigenvalue weighted by Crippen LogP contribution is -2.44. The van der Waals surface area contributed by atoms with E-state index in [4.69, 9.17) is 14.2 Å². The van der Waals surface area contributed by atoms with Gasteiger partial charge in [0.25, 0.3) is 5.91 Å². The van der Waals surface area contributed by atoms with E-state index in [2.05, 4.69) is 21.7 Å². The number of nitrogens with zero attached hydrogens (tertiary/aromatic N) is 1. The Kier molecular flexibility index (Phi) is 7.50. The van der Waals surface area contributed by atoms with Crippen LogP contribution in [-0.4, -0.2) is 56.9 Å². The Labute approximate surface area is 164 Å². The predicted molar refractivity (Wildman–Crippen MR) is 106 cm³/mol. The first kappa shape index (κ1) is 19.7. The van der Waals surface area contributed by atoms with E-state index in [1.54, 1.807) is 23.5 Å². The molecule has 1 aromatic carbocycles. The first-order valence-corrected chi connectivity index (χ1v) is 10.1. The summed E-state index contributed by atoms with van der Waals surface area (Å²) in [6, 6.07) is 11.6. The third-order valence-electron chi connectivity index (χ3n) is 4.36. The molecule has 0 aliphatic carbocycles. The second-order valence-corrected chi connectivity index (χ2v) is 7.16. The van der Waals surface area contributed by atoms with Crippen molar-refractivity contribution in [3.63, 3.8) is 0 Å². The summed E-state index contributed by atoms with van der Waals surface area (Å²) in [4.78, 5) is 15.9. The fourth-order valence-electron chi connectivity index (χ4n) is 2.99. The van der Waals surface area contributed by atoms with Crippen molar-refractivity contribution in [3.8, 4) is 11.5 Å². The average molecular weight is 391 g/mol. The van der Waals surface area contributed by atoms with Gasteiger partial charge in [0.1, 0.15) is 11.5 Å². The molecule has 3 rings (SSSR count). The van der Waals surface area contributed by atoms with Crippen LogP contribution in [-0.2, 0) is 9.53 Å². The van der Waals surface area contributed by atoms with E-state index < -0.39 is 0 Å². The van der Waals surface area contributed by atoms with Gasteiger partial charge in [0.05, 0.1) is 25.9 Å². The second kappa shape index (κ2) is 10.3. The standard InChI is InChI=1S/C20H26N2O4S/c1-2-25-16-5-7-17(8-6-16)26-15-20(23)21-14-18(19-4-3-13-27-19)22-9-11-24-12-10-22/h3-8,13,18H,2,9-12,14-15H2,1H3,(H,21,23)/t18-/m1/s1. The maximum Gasteiger partial charge on any atom is 0.258 e. The number of amides is 1. The molecule has 7 heteroatoms. The van der Waals surface area contributed by atoms with Gasteiger partial charge < -0.3 is 19.5 Å². The number of rotatable bonds is 9. The fraction of sp³-hybridized carbons (Fsp3) is 0.450. The largest absolute Gasteiger partial charge is 0.494 e. The highest BCUT2D eigenvalue weighted by Crippen LogP contribution is 2.25. The number of hydrogen-bond acceptors (Lipinski definition) is 6. The van der Waals surface area contributed by atoms with Crippen molar-refractivity contribution in [1.29, 1.82) is 0 Å². The van der Waals surface area contributed by atoms with Gasteiger partial charge in [0.2, 0.25) is 0 Å². The molecule has 1 aliphatic rings. The van der Waals surface area contributed by atoms with Gasteiger partial charge in [-0.2, -0.15) is 0 Å². The van der Waals surface area contributed by atoms with Crippen LogP contribution in [0.4, 0.5) is 0 Å². The van der Waals surface area contributed by atoms with Gasteiger partial charge in [0, 0.05) is 24.5 Å². The topological polar surface area (TPSA) is 60.0 Å². The van der Waals surface area contributed by atoms with Crippen molar-refractivity contribution >= 4 is 17.2 Å². The summed E-state index contributed by atoms with van der Waals surface area (Å²) >= 11 is 1.71. The van der Waals surface area contributed by atoms with Crippen molar-refractivity contribution in [3.05, 3.63) is 46.7 Å². The molecular weight excluding hydrogens is 364 g/mol. The maximum atomic E-state index is 12.2. The minimum Gasteiger partial charge on any atom is -0.494 e. The Hall–Kier alpha value is -2.09. The molecule has 2 heterocycles. The Morgan fingerprint density at radius 1 is 1.19 bits per heavy atom. The highest BCUT2D eigenvalue weighted by atomic mass is 32.1. The Bertz CT molecular complexity index is 685. The normalized spacial score (nSPS) is 15.9. The zero-order valence-electron chi connectivity index (χ0n) is 15.6.